The van der Waals surface area contributed by atoms with Gasteiger partial charge in [0.1, 0.15) is 19.0 Å². The number of amides is 2. The van der Waals surface area contributed by atoms with Crippen molar-refractivity contribution >= 4 is 17.5 Å². The van der Waals surface area contributed by atoms with E-state index in [1.807, 2.05) is 54.6 Å². The van der Waals surface area contributed by atoms with Crippen LogP contribution in [0, 0.1) is 0 Å². The van der Waals surface area contributed by atoms with E-state index in [1.165, 1.54) is 5.56 Å². The number of anilines is 1. The highest BCUT2D eigenvalue weighted by Crippen LogP contribution is 2.28. The van der Waals surface area contributed by atoms with Crippen LogP contribution in [-0.2, 0) is 20.7 Å². The topological polar surface area (TPSA) is 71.1 Å². The summed E-state index contributed by atoms with van der Waals surface area (Å²) in [5, 5.41) is 2.81. The molecule has 2 aromatic carbocycles. The molecule has 0 radical (unpaired) electrons. The first-order valence-corrected chi connectivity index (χ1v) is 10.2. The Morgan fingerprint density at radius 2 is 1.63 bits per heavy atom. The van der Waals surface area contributed by atoms with E-state index in [1.54, 1.807) is 12.0 Å². The first kappa shape index (κ1) is 21.6. The Hall–Kier alpha value is -3.06. The van der Waals surface area contributed by atoms with Crippen molar-refractivity contribution in [1.29, 1.82) is 0 Å². The molecule has 2 amide bonds. The Morgan fingerprint density at radius 1 is 0.933 bits per heavy atom. The fraction of sp³-hybridized carbons (Fsp3) is 0.391. The zero-order chi connectivity index (χ0) is 21.2. The van der Waals surface area contributed by atoms with Crippen LogP contribution in [0.25, 0.3) is 0 Å². The van der Waals surface area contributed by atoms with Gasteiger partial charge in [-0.2, -0.15) is 0 Å². The molecule has 0 saturated carbocycles. The quantitative estimate of drug-likeness (QED) is 0.680. The Labute approximate surface area is 177 Å². The molecule has 7 nitrogen and oxygen atoms in total. The number of benzene rings is 2. The standard InChI is InChI=1S/C23H29N3O4/c1-29-21-10-6-5-9-20(21)25-13-15-26(16-14-25)23(28)18-30-17-22(27)24-12-11-19-7-3-2-4-8-19/h2-10H,11-18H2,1H3,(H,24,27). The van der Waals surface area contributed by atoms with Gasteiger partial charge in [0.25, 0.3) is 0 Å². The lowest BCUT2D eigenvalue weighted by molar-refractivity contribution is -0.138. The predicted octanol–water partition coefficient (Wildman–Crippen LogP) is 1.72. The molecule has 0 aromatic heterocycles. The van der Waals surface area contributed by atoms with Crippen molar-refractivity contribution in [1.82, 2.24) is 10.2 Å². The van der Waals surface area contributed by atoms with Gasteiger partial charge in [0.05, 0.1) is 12.8 Å². The number of methoxy groups -OCH3 is 1. The Morgan fingerprint density at radius 3 is 2.37 bits per heavy atom. The van der Waals surface area contributed by atoms with Crippen LogP contribution < -0.4 is 15.0 Å². The highest BCUT2D eigenvalue weighted by Gasteiger charge is 2.23. The Balaban J connectivity index is 1.32. The van der Waals surface area contributed by atoms with Gasteiger partial charge in [0.2, 0.25) is 11.8 Å². The smallest absolute Gasteiger partial charge is 0.248 e. The third-order valence-corrected chi connectivity index (χ3v) is 5.10. The van der Waals surface area contributed by atoms with Gasteiger partial charge in [-0.15, -0.1) is 0 Å². The second-order valence-electron chi connectivity index (χ2n) is 7.12. The van der Waals surface area contributed by atoms with Crippen molar-refractivity contribution in [3.63, 3.8) is 0 Å². The van der Waals surface area contributed by atoms with Crippen LogP contribution in [0.15, 0.2) is 54.6 Å². The van der Waals surface area contributed by atoms with Crippen LogP contribution in [0.4, 0.5) is 5.69 Å². The maximum Gasteiger partial charge on any atom is 0.248 e. The normalized spacial score (nSPS) is 13.8. The second kappa shape index (κ2) is 11.2. The van der Waals surface area contributed by atoms with Crippen molar-refractivity contribution in [2.75, 3.05) is 57.9 Å². The number of nitrogens with one attached hydrogen (secondary N) is 1. The summed E-state index contributed by atoms with van der Waals surface area (Å²) in [4.78, 5) is 28.2. The lowest BCUT2D eigenvalue weighted by Crippen LogP contribution is -2.50. The van der Waals surface area contributed by atoms with Gasteiger partial charge >= 0.3 is 0 Å². The molecule has 0 aliphatic carbocycles. The fourth-order valence-electron chi connectivity index (χ4n) is 3.45. The van der Waals surface area contributed by atoms with E-state index in [2.05, 4.69) is 10.2 Å². The molecule has 160 valence electrons. The van der Waals surface area contributed by atoms with Crippen LogP contribution in [0.2, 0.25) is 0 Å². The van der Waals surface area contributed by atoms with Gasteiger partial charge in [-0.25, -0.2) is 0 Å². The zero-order valence-corrected chi connectivity index (χ0v) is 17.4. The van der Waals surface area contributed by atoms with Crippen molar-refractivity contribution in [3.05, 3.63) is 60.2 Å². The molecular weight excluding hydrogens is 382 g/mol. The van der Waals surface area contributed by atoms with Gasteiger partial charge in [0.15, 0.2) is 0 Å². The summed E-state index contributed by atoms with van der Waals surface area (Å²) in [7, 11) is 1.66. The molecule has 7 heteroatoms. The van der Waals surface area contributed by atoms with Crippen LogP contribution >= 0.6 is 0 Å². The molecule has 1 heterocycles. The largest absolute Gasteiger partial charge is 0.495 e. The molecule has 1 fully saturated rings. The summed E-state index contributed by atoms with van der Waals surface area (Å²) in [6.07, 6.45) is 0.766. The zero-order valence-electron chi connectivity index (χ0n) is 17.4. The van der Waals surface area contributed by atoms with Crippen molar-refractivity contribution in [2.24, 2.45) is 0 Å². The average molecular weight is 412 g/mol. The summed E-state index contributed by atoms with van der Waals surface area (Å²) in [6.45, 7) is 3.04. The van der Waals surface area contributed by atoms with Crippen LogP contribution in [0.5, 0.6) is 5.75 Å². The van der Waals surface area contributed by atoms with Gasteiger partial charge in [-0.1, -0.05) is 42.5 Å². The van der Waals surface area contributed by atoms with Gasteiger partial charge in [0, 0.05) is 32.7 Å². The van der Waals surface area contributed by atoms with Gasteiger partial charge in [-0.3, -0.25) is 9.59 Å². The first-order chi connectivity index (χ1) is 14.7. The van der Waals surface area contributed by atoms with E-state index in [4.69, 9.17) is 9.47 Å². The number of ether oxygens (including phenoxy) is 2. The number of rotatable bonds is 9. The molecule has 2 aromatic rings. The van der Waals surface area contributed by atoms with Crippen LogP contribution in [0.1, 0.15) is 5.56 Å². The number of para-hydroxylation sites is 2. The van der Waals surface area contributed by atoms with Gasteiger partial charge < -0.3 is 24.6 Å². The van der Waals surface area contributed by atoms with E-state index < -0.39 is 0 Å². The van der Waals surface area contributed by atoms with E-state index in [-0.39, 0.29) is 25.0 Å². The molecule has 30 heavy (non-hydrogen) atoms. The molecule has 0 atom stereocenters. The Bertz CT molecular complexity index is 820. The molecular formula is C23H29N3O4. The van der Waals surface area contributed by atoms with Gasteiger partial charge in [-0.05, 0) is 24.1 Å². The molecule has 0 bridgehead atoms. The SMILES string of the molecule is COc1ccccc1N1CCN(C(=O)COCC(=O)NCCc2ccccc2)CC1. The van der Waals surface area contributed by atoms with Crippen molar-refractivity contribution in [2.45, 2.75) is 6.42 Å². The minimum atomic E-state index is -0.209. The third-order valence-electron chi connectivity index (χ3n) is 5.10. The highest BCUT2D eigenvalue weighted by atomic mass is 16.5. The number of nitrogens with zero attached hydrogens (tertiary/aromatic N) is 2. The molecule has 0 unspecified atom stereocenters. The van der Waals surface area contributed by atoms with E-state index in [0.29, 0.717) is 19.6 Å². The maximum atomic E-state index is 12.4. The monoisotopic (exact) mass is 411 g/mol. The number of hydrogen-bond acceptors (Lipinski definition) is 5. The summed E-state index contributed by atoms with van der Waals surface area (Å²) in [5.41, 5.74) is 2.21. The summed E-state index contributed by atoms with van der Waals surface area (Å²) in [5.74, 6) is 0.533. The minimum Gasteiger partial charge on any atom is -0.495 e. The minimum absolute atomic E-state index is 0.0826. The molecule has 1 aliphatic rings. The summed E-state index contributed by atoms with van der Waals surface area (Å²) < 4.78 is 10.7. The molecule has 3 rings (SSSR count). The van der Waals surface area contributed by atoms with E-state index in [9.17, 15) is 9.59 Å². The fourth-order valence-corrected chi connectivity index (χ4v) is 3.45. The molecule has 1 aliphatic heterocycles. The lowest BCUT2D eigenvalue weighted by Gasteiger charge is -2.36. The molecule has 0 spiro atoms. The average Bonchev–Trinajstić information content (AvgIpc) is 2.80. The number of carbonyl (C=O) groups excluding carboxylic acids is 2. The number of hydrogen-bond donors (Lipinski definition) is 1. The highest BCUT2D eigenvalue weighted by molar-refractivity contribution is 5.80. The van der Waals surface area contributed by atoms with E-state index in [0.717, 1.165) is 30.9 Å². The van der Waals surface area contributed by atoms with Crippen LogP contribution in [-0.4, -0.2) is 69.8 Å². The van der Waals surface area contributed by atoms with E-state index >= 15 is 0 Å². The Kier molecular flexibility index (Phi) is 8.09. The molecule has 1 saturated heterocycles. The molecule has 1 N–H and O–H groups in total. The first-order valence-electron chi connectivity index (χ1n) is 10.2. The maximum absolute atomic E-state index is 12.4. The van der Waals surface area contributed by atoms with Crippen molar-refractivity contribution in [3.8, 4) is 5.75 Å². The second-order valence-corrected chi connectivity index (χ2v) is 7.12. The van der Waals surface area contributed by atoms with Crippen LogP contribution in [0.3, 0.4) is 0 Å². The third kappa shape index (κ3) is 6.22. The van der Waals surface area contributed by atoms with Crippen molar-refractivity contribution < 1.29 is 19.1 Å². The lowest BCUT2D eigenvalue weighted by atomic mass is 10.1. The summed E-state index contributed by atoms with van der Waals surface area (Å²) >= 11 is 0. The number of carbonyl (C=O) groups is 2. The predicted molar refractivity (Wildman–Crippen MR) is 116 cm³/mol. The summed E-state index contributed by atoms with van der Waals surface area (Å²) in [6, 6.07) is 17.8. The number of piperazine rings is 1.